The maximum absolute atomic E-state index is 12.3. The van der Waals surface area contributed by atoms with Crippen molar-refractivity contribution >= 4 is 5.91 Å². The number of carbonyl (C=O) groups is 1. The van der Waals surface area contributed by atoms with Gasteiger partial charge in [0.2, 0.25) is 0 Å². The zero-order valence-electron chi connectivity index (χ0n) is 14.8. The molecule has 3 aromatic carbocycles. The number of rotatable bonds is 5. The number of hydrogen-bond acceptors (Lipinski definition) is 4. The Morgan fingerprint density at radius 2 is 1.74 bits per heavy atom. The average molecular weight is 361 g/mol. The van der Waals surface area contributed by atoms with Gasteiger partial charge in [-0.25, -0.2) is 0 Å². The first-order valence-corrected chi connectivity index (χ1v) is 8.66. The molecular weight excluding hydrogens is 342 g/mol. The monoisotopic (exact) mass is 361 g/mol. The largest absolute Gasteiger partial charge is 0.493 e. The zero-order chi connectivity index (χ0) is 18.6. The van der Waals surface area contributed by atoms with Crippen molar-refractivity contribution in [2.45, 2.75) is 12.8 Å². The summed E-state index contributed by atoms with van der Waals surface area (Å²) in [4.78, 5) is 12.3. The molecule has 1 atom stereocenters. The molecule has 4 rings (SSSR count). The third-order valence-corrected chi connectivity index (χ3v) is 4.37. The highest BCUT2D eigenvalue weighted by molar-refractivity contribution is 5.98. The number of nitrogens with one attached hydrogen (secondary N) is 1. The van der Waals surface area contributed by atoms with Gasteiger partial charge in [-0.2, -0.15) is 0 Å². The summed E-state index contributed by atoms with van der Waals surface area (Å²) in [7, 11) is 1.59. The predicted octanol–water partition coefficient (Wildman–Crippen LogP) is 4.10. The molecule has 5 heteroatoms. The summed E-state index contributed by atoms with van der Waals surface area (Å²) < 4.78 is 17.3. The molecule has 0 spiro atoms. The molecule has 1 N–H and O–H groups in total. The first-order valence-electron chi connectivity index (χ1n) is 8.66. The second-order valence-corrected chi connectivity index (χ2v) is 6.15. The molecule has 1 amide bonds. The van der Waals surface area contributed by atoms with Gasteiger partial charge in [0, 0.05) is 5.56 Å². The molecule has 136 valence electrons. The molecule has 1 heterocycles. The predicted molar refractivity (Wildman–Crippen MR) is 101 cm³/mol. The van der Waals surface area contributed by atoms with Gasteiger partial charge in [-0.05, 0) is 35.9 Å². The first kappa shape index (κ1) is 17.0. The maximum Gasteiger partial charge on any atom is 0.258 e. The lowest BCUT2D eigenvalue weighted by molar-refractivity contribution is 0.0755. The fourth-order valence-electron chi connectivity index (χ4n) is 2.96. The number of benzene rings is 3. The van der Waals surface area contributed by atoms with Gasteiger partial charge in [0.25, 0.3) is 5.91 Å². The van der Waals surface area contributed by atoms with Gasteiger partial charge >= 0.3 is 0 Å². The van der Waals surface area contributed by atoms with Gasteiger partial charge in [0.05, 0.1) is 12.7 Å². The number of ether oxygens (including phenoxy) is 3. The summed E-state index contributed by atoms with van der Waals surface area (Å²) in [6.07, 6.45) is -0.579. The van der Waals surface area contributed by atoms with Gasteiger partial charge in [-0.1, -0.05) is 42.5 Å². The lowest BCUT2D eigenvalue weighted by Crippen LogP contribution is -2.36. The Labute approximate surface area is 157 Å². The molecule has 3 aromatic rings. The van der Waals surface area contributed by atoms with E-state index in [1.807, 2.05) is 60.7 Å². The molecule has 0 aliphatic carbocycles. The third kappa shape index (κ3) is 3.58. The van der Waals surface area contributed by atoms with Crippen molar-refractivity contribution in [1.29, 1.82) is 0 Å². The van der Waals surface area contributed by atoms with Gasteiger partial charge < -0.3 is 19.5 Å². The Balaban J connectivity index is 1.54. The van der Waals surface area contributed by atoms with Crippen molar-refractivity contribution in [2.75, 3.05) is 7.11 Å². The van der Waals surface area contributed by atoms with Gasteiger partial charge in [-0.15, -0.1) is 0 Å². The molecule has 0 aromatic heterocycles. The molecule has 27 heavy (non-hydrogen) atoms. The first-order chi connectivity index (χ1) is 13.2. The van der Waals surface area contributed by atoms with E-state index in [0.29, 0.717) is 29.4 Å². The highest BCUT2D eigenvalue weighted by atomic mass is 16.5. The van der Waals surface area contributed by atoms with E-state index in [4.69, 9.17) is 14.2 Å². The Morgan fingerprint density at radius 1 is 0.963 bits per heavy atom. The van der Waals surface area contributed by atoms with Crippen LogP contribution in [0, 0.1) is 0 Å². The Morgan fingerprint density at radius 3 is 2.56 bits per heavy atom. The van der Waals surface area contributed by atoms with Crippen LogP contribution < -0.4 is 19.5 Å². The number of amides is 1. The van der Waals surface area contributed by atoms with E-state index < -0.39 is 6.23 Å². The molecule has 0 radical (unpaired) electrons. The van der Waals surface area contributed by atoms with Crippen LogP contribution >= 0.6 is 0 Å². The SMILES string of the molecule is COc1cc([C@H]2NC(=O)c3ccccc3O2)ccc1OCc1ccccc1. The number of methoxy groups -OCH3 is 1. The summed E-state index contributed by atoms with van der Waals surface area (Å²) in [6.45, 7) is 0.445. The smallest absolute Gasteiger partial charge is 0.258 e. The highest BCUT2D eigenvalue weighted by Gasteiger charge is 2.26. The Hall–Kier alpha value is -3.47. The lowest BCUT2D eigenvalue weighted by atomic mass is 10.1. The van der Waals surface area contributed by atoms with Crippen LogP contribution in [0.25, 0.3) is 0 Å². The van der Waals surface area contributed by atoms with E-state index in [2.05, 4.69) is 5.32 Å². The fourth-order valence-corrected chi connectivity index (χ4v) is 2.96. The van der Waals surface area contributed by atoms with Crippen molar-refractivity contribution in [3.8, 4) is 17.2 Å². The van der Waals surface area contributed by atoms with E-state index in [0.717, 1.165) is 11.1 Å². The molecule has 0 saturated heterocycles. The number of carbonyl (C=O) groups excluding carboxylic acids is 1. The van der Waals surface area contributed by atoms with Crippen LogP contribution in [-0.2, 0) is 6.61 Å². The van der Waals surface area contributed by atoms with E-state index in [-0.39, 0.29) is 5.91 Å². The molecule has 1 aliphatic heterocycles. The Kier molecular flexibility index (Phi) is 4.66. The average Bonchev–Trinajstić information content (AvgIpc) is 2.73. The van der Waals surface area contributed by atoms with Gasteiger partial charge in [-0.3, -0.25) is 4.79 Å². The number of hydrogen-bond donors (Lipinski definition) is 1. The number of para-hydroxylation sites is 1. The Bertz CT molecular complexity index is 956. The minimum Gasteiger partial charge on any atom is -0.493 e. The van der Waals surface area contributed by atoms with Crippen LogP contribution in [0.2, 0.25) is 0 Å². The van der Waals surface area contributed by atoms with E-state index >= 15 is 0 Å². The van der Waals surface area contributed by atoms with Crippen molar-refractivity contribution in [1.82, 2.24) is 5.32 Å². The molecular formula is C22H19NO4. The van der Waals surface area contributed by atoms with Crippen molar-refractivity contribution in [3.63, 3.8) is 0 Å². The van der Waals surface area contributed by atoms with Crippen molar-refractivity contribution in [2.24, 2.45) is 0 Å². The minimum atomic E-state index is -0.579. The minimum absolute atomic E-state index is 0.162. The summed E-state index contributed by atoms with van der Waals surface area (Å²) in [5.74, 6) is 1.62. The summed E-state index contributed by atoms with van der Waals surface area (Å²) in [6, 6.07) is 22.6. The maximum atomic E-state index is 12.3. The lowest BCUT2D eigenvalue weighted by Gasteiger charge is -2.27. The molecule has 0 saturated carbocycles. The second kappa shape index (κ2) is 7.41. The molecule has 0 fully saturated rings. The van der Waals surface area contributed by atoms with Crippen LogP contribution in [0.15, 0.2) is 72.8 Å². The van der Waals surface area contributed by atoms with Crippen LogP contribution in [-0.4, -0.2) is 13.0 Å². The summed E-state index contributed by atoms with van der Waals surface area (Å²) in [5.41, 5.74) is 2.38. The van der Waals surface area contributed by atoms with E-state index in [1.54, 1.807) is 19.2 Å². The zero-order valence-corrected chi connectivity index (χ0v) is 14.8. The van der Waals surface area contributed by atoms with Gasteiger partial charge in [0.15, 0.2) is 17.7 Å². The van der Waals surface area contributed by atoms with Crippen LogP contribution in [0.4, 0.5) is 0 Å². The van der Waals surface area contributed by atoms with Crippen molar-refractivity contribution < 1.29 is 19.0 Å². The molecule has 0 unspecified atom stereocenters. The quantitative estimate of drug-likeness (QED) is 0.743. The fraction of sp³-hybridized carbons (Fsp3) is 0.136. The molecule has 0 bridgehead atoms. The normalized spacial score (nSPS) is 15.3. The highest BCUT2D eigenvalue weighted by Crippen LogP contribution is 2.34. The van der Waals surface area contributed by atoms with Crippen LogP contribution in [0.5, 0.6) is 17.2 Å². The topological polar surface area (TPSA) is 56.8 Å². The van der Waals surface area contributed by atoms with Crippen LogP contribution in [0.3, 0.4) is 0 Å². The van der Waals surface area contributed by atoms with Gasteiger partial charge in [0.1, 0.15) is 12.4 Å². The molecule has 1 aliphatic rings. The van der Waals surface area contributed by atoms with Crippen molar-refractivity contribution in [3.05, 3.63) is 89.5 Å². The van der Waals surface area contributed by atoms with E-state index in [1.165, 1.54) is 0 Å². The molecule has 5 nitrogen and oxygen atoms in total. The van der Waals surface area contributed by atoms with E-state index in [9.17, 15) is 4.79 Å². The second-order valence-electron chi connectivity index (χ2n) is 6.15. The summed E-state index contributed by atoms with van der Waals surface area (Å²) in [5, 5.41) is 2.86. The third-order valence-electron chi connectivity index (χ3n) is 4.37. The summed E-state index contributed by atoms with van der Waals surface area (Å²) >= 11 is 0. The standard InChI is InChI=1S/C22H19NO4/c1-25-20-13-16(11-12-19(20)26-14-15-7-3-2-4-8-15)22-23-21(24)17-9-5-6-10-18(17)27-22/h2-13,22H,14H2,1H3,(H,23,24)/t22-/m0/s1. The number of fused-ring (bicyclic) bond motifs is 1. The van der Waals surface area contributed by atoms with Crippen LogP contribution in [0.1, 0.15) is 27.7 Å².